The Morgan fingerprint density at radius 2 is 1.63 bits per heavy atom. The van der Waals surface area contributed by atoms with Crippen LogP contribution in [0, 0.1) is 23.7 Å². The number of hydrogen-bond acceptors (Lipinski definition) is 4. The summed E-state index contributed by atoms with van der Waals surface area (Å²) in [6, 6.07) is 7.72. The summed E-state index contributed by atoms with van der Waals surface area (Å²) >= 11 is 0. The number of para-hydroxylation sites is 2. The summed E-state index contributed by atoms with van der Waals surface area (Å²) in [5, 5.41) is 2.92. The molecule has 4 atom stereocenters. The minimum Gasteiger partial charge on any atom is -0.370 e. The molecule has 6 nitrogen and oxygen atoms in total. The van der Waals surface area contributed by atoms with Gasteiger partial charge in [0.05, 0.1) is 23.2 Å². The van der Waals surface area contributed by atoms with E-state index in [0.29, 0.717) is 0 Å². The van der Waals surface area contributed by atoms with Crippen molar-refractivity contribution in [2.24, 2.45) is 23.7 Å². The normalized spacial score (nSPS) is 31.1. The van der Waals surface area contributed by atoms with Gasteiger partial charge in [0.15, 0.2) is 0 Å². The van der Waals surface area contributed by atoms with E-state index < -0.39 is 0 Å². The molecule has 5 rings (SSSR count). The standard InChI is InChI=1S/C21H23N3O3/c25-17(22-15-5-1-2-6-16(15)23-9-3-4-10-23)12-24-20(26)18-13-7-8-14(11-13)19(18)21(24)27/h1-2,5-8,13-14,18-19H,3-4,9-12H2,(H,22,25). The molecule has 3 fully saturated rings. The van der Waals surface area contributed by atoms with E-state index in [1.54, 1.807) is 0 Å². The summed E-state index contributed by atoms with van der Waals surface area (Å²) in [7, 11) is 0. The van der Waals surface area contributed by atoms with Gasteiger partial charge in [0.1, 0.15) is 6.54 Å². The van der Waals surface area contributed by atoms with Crippen LogP contribution in [-0.4, -0.2) is 42.3 Å². The number of nitrogens with one attached hydrogen (secondary N) is 1. The van der Waals surface area contributed by atoms with Crippen molar-refractivity contribution in [2.75, 3.05) is 29.9 Å². The number of amides is 3. The Morgan fingerprint density at radius 3 is 2.30 bits per heavy atom. The number of hydrogen-bond donors (Lipinski definition) is 1. The second-order valence-corrected chi connectivity index (χ2v) is 8.02. The minimum atomic E-state index is -0.316. The van der Waals surface area contributed by atoms with Crippen LogP contribution in [0.5, 0.6) is 0 Å². The zero-order valence-corrected chi connectivity index (χ0v) is 15.1. The summed E-state index contributed by atoms with van der Waals surface area (Å²) < 4.78 is 0. The monoisotopic (exact) mass is 365 g/mol. The highest BCUT2D eigenvalue weighted by Gasteiger charge is 2.59. The van der Waals surface area contributed by atoms with Crippen LogP contribution in [0.25, 0.3) is 0 Å². The predicted molar refractivity (Wildman–Crippen MR) is 101 cm³/mol. The molecule has 1 N–H and O–H groups in total. The number of imide groups is 1. The van der Waals surface area contributed by atoms with Crippen LogP contribution >= 0.6 is 0 Å². The third kappa shape index (κ3) is 2.58. The zero-order valence-electron chi connectivity index (χ0n) is 15.1. The lowest BCUT2D eigenvalue weighted by molar-refractivity contribution is -0.143. The molecule has 4 aliphatic rings. The Morgan fingerprint density at radius 1 is 1.00 bits per heavy atom. The van der Waals surface area contributed by atoms with E-state index in [1.165, 1.54) is 4.90 Å². The number of benzene rings is 1. The fraction of sp³-hybridized carbons (Fsp3) is 0.476. The molecule has 6 heteroatoms. The van der Waals surface area contributed by atoms with Crippen LogP contribution in [-0.2, 0) is 14.4 Å². The topological polar surface area (TPSA) is 69.7 Å². The van der Waals surface area contributed by atoms with E-state index >= 15 is 0 Å². The SMILES string of the molecule is O=C(CN1C(=O)C2C3C=CC(C3)C2C1=O)Nc1ccccc1N1CCCC1. The number of carbonyl (C=O) groups excluding carboxylic acids is 3. The highest BCUT2D eigenvalue weighted by molar-refractivity contribution is 6.09. The van der Waals surface area contributed by atoms with E-state index in [0.717, 1.165) is 43.7 Å². The van der Waals surface area contributed by atoms with Crippen molar-refractivity contribution in [1.29, 1.82) is 0 Å². The molecule has 0 spiro atoms. The molecule has 2 aliphatic heterocycles. The van der Waals surface area contributed by atoms with Crippen LogP contribution in [0.1, 0.15) is 19.3 Å². The van der Waals surface area contributed by atoms with Gasteiger partial charge in [-0.3, -0.25) is 19.3 Å². The molecule has 2 aliphatic carbocycles. The summed E-state index contributed by atoms with van der Waals surface area (Å²) in [5.41, 5.74) is 1.74. The van der Waals surface area contributed by atoms with Gasteiger partial charge in [-0.25, -0.2) is 0 Å². The fourth-order valence-corrected chi connectivity index (χ4v) is 5.27. The first-order chi connectivity index (χ1) is 13.1. The fourth-order valence-electron chi connectivity index (χ4n) is 5.27. The van der Waals surface area contributed by atoms with E-state index in [9.17, 15) is 14.4 Å². The highest BCUT2D eigenvalue weighted by atomic mass is 16.2. The summed E-state index contributed by atoms with van der Waals surface area (Å²) in [6.07, 6.45) is 7.33. The highest BCUT2D eigenvalue weighted by Crippen LogP contribution is 2.52. The number of rotatable bonds is 4. The molecule has 4 unspecified atom stereocenters. The van der Waals surface area contributed by atoms with Gasteiger partial charge >= 0.3 is 0 Å². The molecule has 2 saturated heterocycles. The van der Waals surface area contributed by atoms with E-state index in [-0.39, 0.29) is 47.9 Å². The Hall–Kier alpha value is -2.63. The van der Waals surface area contributed by atoms with Gasteiger partial charge in [-0.15, -0.1) is 0 Å². The van der Waals surface area contributed by atoms with Gasteiger partial charge in [0.25, 0.3) is 0 Å². The minimum absolute atomic E-state index is 0.167. The number of allylic oxidation sites excluding steroid dienone is 2. The first-order valence-electron chi connectivity index (χ1n) is 9.81. The van der Waals surface area contributed by atoms with Gasteiger partial charge in [0, 0.05) is 13.1 Å². The molecular weight excluding hydrogens is 342 g/mol. The smallest absolute Gasteiger partial charge is 0.244 e. The predicted octanol–water partition coefficient (Wildman–Crippen LogP) is 2.03. The average Bonchev–Trinajstić information content (AvgIpc) is 3.44. The second-order valence-electron chi connectivity index (χ2n) is 8.02. The van der Waals surface area contributed by atoms with Crippen LogP contribution in [0.2, 0.25) is 0 Å². The van der Waals surface area contributed by atoms with Crippen molar-refractivity contribution >= 4 is 29.1 Å². The van der Waals surface area contributed by atoms with Crippen LogP contribution < -0.4 is 10.2 Å². The maximum atomic E-state index is 12.7. The number of nitrogens with zero attached hydrogens (tertiary/aromatic N) is 2. The molecule has 140 valence electrons. The van der Waals surface area contributed by atoms with E-state index in [1.807, 2.05) is 24.3 Å². The van der Waals surface area contributed by atoms with E-state index in [4.69, 9.17) is 0 Å². The van der Waals surface area contributed by atoms with E-state index in [2.05, 4.69) is 22.4 Å². The largest absolute Gasteiger partial charge is 0.370 e. The Balaban J connectivity index is 1.30. The van der Waals surface area contributed by atoms with Crippen LogP contribution in [0.3, 0.4) is 0 Å². The number of carbonyl (C=O) groups is 3. The summed E-state index contributed by atoms with van der Waals surface area (Å²) in [4.78, 5) is 41.5. The second kappa shape index (κ2) is 6.22. The first-order valence-corrected chi connectivity index (χ1v) is 9.81. The number of anilines is 2. The van der Waals surface area contributed by atoms with Crippen molar-refractivity contribution in [3.63, 3.8) is 0 Å². The third-order valence-electron chi connectivity index (χ3n) is 6.49. The van der Waals surface area contributed by atoms with Gasteiger partial charge in [0.2, 0.25) is 17.7 Å². The number of likely N-dealkylation sites (tertiary alicyclic amines) is 1. The Labute approximate surface area is 158 Å². The summed E-state index contributed by atoms with van der Waals surface area (Å²) in [5.74, 6) is -0.839. The molecule has 3 amide bonds. The molecule has 2 heterocycles. The molecule has 0 radical (unpaired) electrons. The molecule has 1 aromatic rings. The molecular formula is C21H23N3O3. The van der Waals surface area contributed by atoms with Crippen LogP contribution in [0.4, 0.5) is 11.4 Å². The quantitative estimate of drug-likeness (QED) is 0.655. The lowest BCUT2D eigenvalue weighted by Crippen LogP contribution is -2.39. The van der Waals surface area contributed by atoms with Crippen molar-refractivity contribution in [1.82, 2.24) is 4.90 Å². The third-order valence-corrected chi connectivity index (χ3v) is 6.49. The van der Waals surface area contributed by atoms with Gasteiger partial charge in [-0.1, -0.05) is 24.3 Å². The van der Waals surface area contributed by atoms with Gasteiger partial charge in [-0.05, 0) is 43.2 Å². The Bertz CT molecular complexity index is 813. The maximum Gasteiger partial charge on any atom is 0.244 e. The molecule has 2 bridgehead atoms. The Kier molecular flexibility index (Phi) is 3.81. The van der Waals surface area contributed by atoms with Crippen LogP contribution in [0.15, 0.2) is 36.4 Å². The first kappa shape index (κ1) is 16.5. The molecule has 1 saturated carbocycles. The zero-order chi connectivity index (χ0) is 18.5. The molecule has 1 aromatic carbocycles. The maximum absolute atomic E-state index is 12.7. The summed E-state index contributed by atoms with van der Waals surface area (Å²) in [6.45, 7) is 1.77. The lowest BCUT2D eigenvalue weighted by atomic mass is 9.85. The average molecular weight is 365 g/mol. The lowest BCUT2D eigenvalue weighted by Gasteiger charge is -2.22. The van der Waals surface area contributed by atoms with Crippen molar-refractivity contribution < 1.29 is 14.4 Å². The van der Waals surface area contributed by atoms with Gasteiger partial charge in [-0.2, -0.15) is 0 Å². The molecule has 0 aromatic heterocycles. The van der Waals surface area contributed by atoms with Gasteiger partial charge < -0.3 is 10.2 Å². The van der Waals surface area contributed by atoms with Crippen molar-refractivity contribution in [3.05, 3.63) is 36.4 Å². The molecule has 27 heavy (non-hydrogen) atoms. The van der Waals surface area contributed by atoms with Crippen molar-refractivity contribution in [2.45, 2.75) is 19.3 Å². The van der Waals surface area contributed by atoms with Crippen molar-refractivity contribution in [3.8, 4) is 0 Å². The number of fused-ring (bicyclic) bond motifs is 5.